The average molecular weight is 340 g/mol. The molecule has 1 amide bonds. The minimum absolute atomic E-state index is 0.0383. The molecule has 0 bridgehead atoms. The molecular formula is C15H12BrF2NO. The quantitative estimate of drug-likeness (QED) is 0.891. The lowest BCUT2D eigenvalue weighted by Crippen LogP contribution is -2.15. The van der Waals surface area contributed by atoms with E-state index in [0.29, 0.717) is 5.69 Å². The van der Waals surface area contributed by atoms with E-state index in [9.17, 15) is 13.6 Å². The number of benzene rings is 2. The average Bonchev–Trinajstić information content (AvgIpc) is 2.39. The van der Waals surface area contributed by atoms with Gasteiger partial charge in [0.1, 0.15) is 0 Å². The fourth-order valence-corrected chi connectivity index (χ4v) is 2.03. The van der Waals surface area contributed by atoms with Crippen LogP contribution in [0.5, 0.6) is 0 Å². The maximum absolute atomic E-state index is 13.5. The number of nitrogens with one attached hydrogen (secondary N) is 1. The molecule has 104 valence electrons. The van der Waals surface area contributed by atoms with Crippen LogP contribution in [0.25, 0.3) is 0 Å². The second kappa shape index (κ2) is 6.13. The minimum atomic E-state index is -0.977. The molecule has 2 rings (SSSR count). The van der Waals surface area contributed by atoms with Crippen molar-refractivity contribution in [2.45, 2.75) is 13.3 Å². The van der Waals surface area contributed by atoms with Crippen molar-refractivity contribution in [2.24, 2.45) is 0 Å². The number of rotatable bonds is 3. The molecule has 0 aliphatic carbocycles. The molecule has 0 saturated carbocycles. The number of carbonyl (C=O) groups excluding carboxylic acids is 1. The Bertz CT molecular complexity index is 658. The van der Waals surface area contributed by atoms with Gasteiger partial charge in [0.15, 0.2) is 11.6 Å². The highest BCUT2D eigenvalue weighted by Crippen LogP contribution is 2.20. The van der Waals surface area contributed by atoms with Gasteiger partial charge >= 0.3 is 0 Å². The van der Waals surface area contributed by atoms with Gasteiger partial charge in [-0.25, -0.2) is 8.78 Å². The van der Waals surface area contributed by atoms with E-state index in [1.165, 1.54) is 12.1 Å². The Hall–Kier alpha value is -1.75. The van der Waals surface area contributed by atoms with Crippen LogP contribution in [-0.2, 0) is 11.2 Å². The summed E-state index contributed by atoms with van der Waals surface area (Å²) >= 11 is 3.36. The van der Waals surface area contributed by atoms with Gasteiger partial charge in [-0.05, 0) is 36.8 Å². The molecule has 2 aromatic carbocycles. The van der Waals surface area contributed by atoms with E-state index >= 15 is 0 Å². The molecule has 5 heteroatoms. The van der Waals surface area contributed by atoms with E-state index in [4.69, 9.17) is 0 Å². The van der Waals surface area contributed by atoms with Crippen molar-refractivity contribution in [1.82, 2.24) is 0 Å². The maximum Gasteiger partial charge on any atom is 0.228 e. The molecule has 0 aliphatic rings. The van der Waals surface area contributed by atoms with E-state index in [1.54, 1.807) is 12.1 Å². The van der Waals surface area contributed by atoms with Crippen LogP contribution < -0.4 is 5.32 Å². The van der Waals surface area contributed by atoms with E-state index in [1.807, 2.05) is 13.0 Å². The first-order chi connectivity index (χ1) is 9.47. The lowest BCUT2D eigenvalue weighted by atomic mass is 10.1. The predicted molar refractivity (Wildman–Crippen MR) is 77.6 cm³/mol. The van der Waals surface area contributed by atoms with Crippen molar-refractivity contribution in [3.63, 3.8) is 0 Å². The zero-order chi connectivity index (χ0) is 14.7. The molecule has 0 saturated heterocycles. The maximum atomic E-state index is 13.5. The number of hydrogen-bond acceptors (Lipinski definition) is 1. The van der Waals surface area contributed by atoms with Crippen molar-refractivity contribution in [2.75, 3.05) is 5.32 Å². The van der Waals surface area contributed by atoms with Crippen molar-refractivity contribution >= 4 is 27.5 Å². The van der Waals surface area contributed by atoms with Gasteiger partial charge in [0.05, 0.1) is 6.42 Å². The zero-order valence-electron chi connectivity index (χ0n) is 10.7. The van der Waals surface area contributed by atoms with E-state index in [0.717, 1.165) is 16.1 Å². The number of halogens is 3. The third kappa shape index (κ3) is 3.42. The summed E-state index contributed by atoms with van der Waals surface area (Å²) in [5.74, 6) is -2.32. The van der Waals surface area contributed by atoms with Crippen molar-refractivity contribution in [1.29, 1.82) is 0 Å². The molecule has 0 radical (unpaired) electrons. The van der Waals surface area contributed by atoms with Crippen LogP contribution in [0.4, 0.5) is 14.5 Å². The van der Waals surface area contributed by atoms with E-state index < -0.39 is 17.5 Å². The van der Waals surface area contributed by atoms with Gasteiger partial charge in [-0.2, -0.15) is 0 Å². The molecule has 0 spiro atoms. The van der Waals surface area contributed by atoms with Gasteiger partial charge in [-0.1, -0.05) is 28.1 Å². The third-order valence-corrected chi connectivity index (χ3v) is 3.71. The molecule has 0 fully saturated rings. The van der Waals surface area contributed by atoms with Crippen molar-refractivity contribution in [3.8, 4) is 0 Å². The van der Waals surface area contributed by atoms with Gasteiger partial charge in [0.25, 0.3) is 0 Å². The SMILES string of the molecule is Cc1cc(NC(=O)Cc2cccc(F)c2F)ccc1Br. The number of carbonyl (C=O) groups is 1. The van der Waals surface area contributed by atoms with Gasteiger partial charge in [0, 0.05) is 15.7 Å². The fraction of sp³-hybridized carbons (Fsp3) is 0.133. The molecular weight excluding hydrogens is 328 g/mol. The smallest absolute Gasteiger partial charge is 0.228 e. The first-order valence-corrected chi connectivity index (χ1v) is 6.75. The largest absolute Gasteiger partial charge is 0.326 e. The summed E-state index contributed by atoms with van der Waals surface area (Å²) in [6.07, 6.45) is -0.210. The summed E-state index contributed by atoms with van der Waals surface area (Å²) in [6.45, 7) is 1.89. The van der Waals surface area contributed by atoms with Crippen LogP contribution in [0, 0.1) is 18.6 Å². The zero-order valence-corrected chi connectivity index (χ0v) is 12.3. The van der Waals surface area contributed by atoms with Gasteiger partial charge in [0.2, 0.25) is 5.91 Å². The van der Waals surface area contributed by atoms with Crippen LogP contribution >= 0.6 is 15.9 Å². The molecule has 0 atom stereocenters. The second-order valence-electron chi connectivity index (χ2n) is 4.40. The second-order valence-corrected chi connectivity index (χ2v) is 5.26. The van der Waals surface area contributed by atoms with Gasteiger partial charge in [-0.15, -0.1) is 0 Å². The molecule has 0 aliphatic heterocycles. The van der Waals surface area contributed by atoms with Gasteiger partial charge < -0.3 is 5.32 Å². The Morgan fingerprint density at radius 3 is 2.70 bits per heavy atom. The summed E-state index contributed by atoms with van der Waals surface area (Å²) in [5.41, 5.74) is 1.63. The normalized spacial score (nSPS) is 10.4. The molecule has 20 heavy (non-hydrogen) atoms. The molecule has 1 N–H and O–H groups in total. The predicted octanol–water partition coefficient (Wildman–Crippen LogP) is 4.22. The molecule has 0 unspecified atom stereocenters. The van der Waals surface area contributed by atoms with Crippen LogP contribution in [0.1, 0.15) is 11.1 Å². The number of hydrogen-bond donors (Lipinski definition) is 1. The summed E-state index contributed by atoms with van der Waals surface area (Å²) in [6, 6.07) is 9.14. The Morgan fingerprint density at radius 1 is 1.25 bits per heavy atom. The van der Waals surface area contributed by atoms with E-state index in [-0.39, 0.29) is 12.0 Å². The first-order valence-electron chi connectivity index (χ1n) is 5.96. The molecule has 2 nitrogen and oxygen atoms in total. The summed E-state index contributed by atoms with van der Waals surface area (Å²) < 4.78 is 27.4. The van der Waals surface area contributed by atoms with Crippen molar-refractivity contribution < 1.29 is 13.6 Å². The topological polar surface area (TPSA) is 29.1 Å². The summed E-state index contributed by atoms with van der Waals surface area (Å²) in [4.78, 5) is 11.8. The number of aryl methyl sites for hydroxylation is 1. The number of amides is 1. The Balaban J connectivity index is 2.09. The molecule has 0 heterocycles. The monoisotopic (exact) mass is 339 g/mol. The highest BCUT2D eigenvalue weighted by Gasteiger charge is 2.12. The van der Waals surface area contributed by atoms with Crippen molar-refractivity contribution in [3.05, 3.63) is 63.6 Å². The Kier molecular flexibility index (Phi) is 4.49. The van der Waals surface area contributed by atoms with Crippen LogP contribution in [0.15, 0.2) is 40.9 Å². The fourth-order valence-electron chi connectivity index (χ4n) is 1.79. The standard InChI is InChI=1S/C15H12BrF2NO/c1-9-7-11(5-6-12(9)16)19-14(20)8-10-3-2-4-13(17)15(10)18/h2-7H,8H2,1H3,(H,19,20). The van der Waals surface area contributed by atoms with E-state index in [2.05, 4.69) is 21.2 Å². The molecule has 0 aromatic heterocycles. The lowest BCUT2D eigenvalue weighted by Gasteiger charge is -2.08. The minimum Gasteiger partial charge on any atom is -0.326 e. The van der Waals surface area contributed by atoms with Crippen LogP contribution in [0.2, 0.25) is 0 Å². The van der Waals surface area contributed by atoms with Crippen LogP contribution in [0.3, 0.4) is 0 Å². The number of anilines is 1. The summed E-state index contributed by atoms with van der Waals surface area (Å²) in [5, 5.41) is 2.66. The highest BCUT2D eigenvalue weighted by atomic mass is 79.9. The van der Waals surface area contributed by atoms with Crippen LogP contribution in [-0.4, -0.2) is 5.91 Å². The highest BCUT2D eigenvalue weighted by molar-refractivity contribution is 9.10. The first kappa shape index (κ1) is 14.7. The lowest BCUT2D eigenvalue weighted by molar-refractivity contribution is -0.115. The Morgan fingerprint density at radius 2 is 2.00 bits per heavy atom. The third-order valence-electron chi connectivity index (χ3n) is 2.82. The molecule has 2 aromatic rings. The van der Waals surface area contributed by atoms with Gasteiger partial charge in [-0.3, -0.25) is 4.79 Å². The summed E-state index contributed by atoms with van der Waals surface area (Å²) in [7, 11) is 0. The Labute approximate surface area is 123 Å².